The molecule has 3 N–H and O–H groups in total. The number of nitrogens with one attached hydrogen (secondary N) is 2. The second-order valence-corrected chi connectivity index (χ2v) is 7.62. The molecule has 1 unspecified atom stereocenters. The van der Waals surface area contributed by atoms with Crippen molar-refractivity contribution in [3.05, 3.63) is 35.4 Å². The second kappa shape index (κ2) is 8.08. The number of hydrogen-bond donors (Lipinski definition) is 3. The third-order valence-electron chi connectivity index (χ3n) is 5.53. The summed E-state index contributed by atoms with van der Waals surface area (Å²) in [7, 11) is 0. The lowest BCUT2D eigenvalue weighted by Crippen LogP contribution is -2.56. The van der Waals surface area contributed by atoms with Gasteiger partial charge in [-0.3, -0.25) is 9.69 Å². The molecule has 0 spiro atoms. The molecular formula is C20H29N3O3. The third kappa shape index (κ3) is 4.75. The maximum Gasteiger partial charge on any atom is 0.317 e. The van der Waals surface area contributed by atoms with Crippen molar-refractivity contribution in [2.75, 3.05) is 13.1 Å². The van der Waals surface area contributed by atoms with E-state index >= 15 is 0 Å². The number of nitrogens with zero attached hydrogens (tertiary/aromatic N) is 1. The predicted octanol–water partition coefficient (Wildman–Crippen LogP) is 2.68. The molecule has 2 amide bonds. The summed E-state index contributed by atoms with van der Waals surface area (Å²) in [4.78, 5) is 25.3. The maximum atomic E-state index is 12.4. The number of amides is 2. The minimum Gasteiger partial charge on any atom is -0.480 e. The summed E-state index contributed by atoms with van der Waals surface area (Å²) in [5.41, 5.74) is 2.38. The molecule has 0 radical (unpaired) electrons. The Bertz CT molecular complexity index is 636. The van der Waals surface area contributed by atoms with Gasteiger partial charge in [0.25, 0.3) is 0 Å². The summed E-state index contributed by atoms with van der Waals surface area (Å²) >= 11 is 0. The first-order valence-corrected chi connectivity index (χ1v) is 9.55. The van der Waals surface area contributed by atoms with Crippen LogP contribution in [-0.4, -0.2) is 47.2 Å². The molecule has 6 heteroatoms. The van der Waals surface area contributed by atoms with E-state index in [2.05, 4.69) is 41.8 Å². The van der Waals surface area contributed by atoms with Crippen LogP contribution in [-0.2, 0) is 4.79 Å². The topological polar surface area (TPSA) is 81.7 Å². The number of rotatable bonds is 8. The molecule has 1 atom stereocenters. The van der Waals surface area contributed by atoms with E-state index in [4.69, 9.17) is 5.11 Å². The zero-order valence-corrected chi connectivity index (χ0v) is 15.6. The highest BCUT2D eigenvalue weighted by Crippen LogP contribution is 2.41. The van der Waals surface area contributed by atoms with Crippen LogP contribution >= 0.6 is 0 Å². The normalized spacial score (nSPS) is 23.2. The van der Waals surface area contributed by atoms with E-state index in [9.17, 15) is 9.59 Å². The Morgan fingerprint density at radius 2 is 1.88 bits per heavy atom. The van der Waals surface area contributed by atoms with Crippen molar-refractivity contribution >= 4 is 12.0 Å². The summed E-state index contributed by atoms with van der Waals surface area (Å²) in [6, 6.07) is 8.70. The van der Waals surface area contributed by atoms with Gasteiger partial charge in [0.2, 0.25) is 0 Å². The van der Waals surface area contributed by atoms with Gasteiger partial charge in [-0.2, -0.15) is 0 Å². The molecule has 1 aromatic rings. The molecule has 1 aromatic carbocycles. The van der Waals surface area contributed by atoms with Crippen LogP contribution < -0.4 is 10.6 Å². The number of benzene rings is 1. The summed E-state index contributed by atoms with van der Waals surface area (Å²) in [6.45, 7) is 4.82. The number of likely N-dealkylation sites (N-methyl/N-ethyl adjacent to an activating group) is 1. The highest BCUT2D eigenvalue weighted by Gasteiger charge is 2.37. The summed E-state index contributed by atoms with van der Waals surface area (Å²) in [5.74, 6) is -0.268. The number of carboxylic acid groups (broad SMARTS) is 1. The highest BCUT2D eigenvalue weighted by atomic mass is 16.4. The minimum atomic E-state index is -0.800. The van der Waals surface area contributed by atoms with Crippen LogP contribution in [0.1, 0.15) is 49.8 Å². The molecule has 2 aliphatic rings. The van der Waals surface area contributed by atoms with E-state index in [1.807, 2.05) is 11.8 Å². The van der Waals surface area contributed by atoms with E-state index in [1.165, 1.54) is 11.1 Å². The van der Waals surface area contributed by atoms with Gasteiger partial charge < -0.3 is 15.7 Å². The fraction of sp³-hybridized carbons (Fsp3) is 0.600. The molecule has 0 aliphatic heterocycles. The molecule has 0 heterocycles. The first-order chi connectivity index (χ1) is 12.5. The van der Waals surface area contributed by atoms with Gasteiger partial charge in [-0.25, -0.2) is 4.79 Å². The first-order valence-electron chi connectivity index (χ1n) is 9.55. The largest absolute Gasteiger partial charge is 0.480 e. The Labute approximate surface area is 155 Å². The molecule has 2 fully saturated rings. The number of aryl methyl sites for hydroxylation is 1. The van der Waals surface area contributed by atoms with Gasteiger partial charge >= 0.3 is 12.0 Å². The van der Waals surface area contributed by atoms with Crippen molar-refractivity contribution in [2.24, 2.45) is 5.92 Å². The molecule has 2 aliphatic carbocycles. The van der Waals surface area contributed by atoms with Crippen LogP contribution in [0.25, 0.3) is 0 Å². The van der Waals surface area contributed by atoms with Gasteiger partial charge in [0.05, 0.1) is 12.6 Å². The van der Waals surface area contributed by atoms with Crippen molar-refractivity contribution in [1.82, 2.24) is 15.5 Å². The Morgan fingerprint density at radius 3 is 2.42 bits per heavy atom. The lowest BCUT2D eigenvalue weighted by atomic mass is 9.85. The van der Waals surface area contributed by atoms with Gasteiger partial charge in [-0.05, 0) is 50.6 Å². The Hall–Kier alpha value is -2.08. The summed E-state index contributed by atoms with van der Waals surface area (Å²) in [6.07, 6.45) is 3.94. The number of hydrogen-bond acceptors (Lipinski definition) is 3. The zero-order valence-electron chi connectivity index (χ0n) is 15.6. The fourth-order valence-corrected chi connectivity index (χ4v) is 3.72. The summed E-state index contributed by atoms with van der Waals surface area (Å²) in [5, 5.41) is 15.2. The van der Waals surface area contributed by atoms with Crippen molar-refractivity contribution in [3.63, 3.8) is 0 Å². The van der Waals surface area contributed by atoms with Crippen LogP contribution in [0.2, 0.25) is 0 Å². The maximum absolute atomic E-state index is 12.4. The molecule has 3 rings (SSSR count). The van der Waals surface area contributed by atoms with Gasteiger partial charge in [0, 0.05) is 12.1 Å². The van der Waals surface area contributed by atoms with Crippen LogP contribution in [0.4, 0.5) is 4.79 Å². The molecule has 0 aromatic heterocycles. The van der Waals surface area contributed by atoms with Crippen LogP contribution in [0, 0.1) is 12.8 Å². The van der Waals surface area contributed by atoms with Crippen LogP contribution in [0.3, 0.4) is 0 Å². The molecular weight excluding hydrogens is 330 g/mol. The standard InChI is InChI=1S/C20H29N3O3/c1-3-23(12-18(24)25)17-10-16(11-17)21-20(26)22-19(15-8-9-15)14-6-4-13(2)5-7-14/h4-7,15-17,19H,3,8-12H2,1-2H3,(H,24,25)(H2,21,22,26). The van der Waals surface area contributed by atoms with Gasteiger partial charge in [0.15, 0.2) is 0 Å². The Morgan fingerprint density at radius 1 is 1.23 bits per heavy atom. The number of aliphatic carboxylic acids is 1. The number of carbonyl (C=O) groups excluding carboxylic acids is 1. The van der Waals surface area contributed by atoms with Gasteiger partial charge in [-0.1, -0.05) is 36.8 Å². The lowest BCUT2D eigenvalue weighted by molar-refractivity contribution is -0.139. The number of carbonyl (C=O) groups is 2. The van der Waals surface area contributed by atoms with E-state index in [1.54, 1.807) is 0 Å². The van der Waals surface area contributed by atoms with Crippen molar-refractivity contribution in [2.45, 2.75) is 57.7 Å². The predicted molar refractivity (Wildman–Crippen MR) is 100 cm³/mol. The van der Waals surface area contributed by atoms with E-state index in [0.717, 1.165) is 25.7 Å². The van der Waals surface area contributed by atoms with Crippen LogP contribution in [0.15, 0.2) is 24.3 Å². The van der Waals surface area contributed by atoms with Crippen LogP contribution in [0.5, 0.6) is 0 Å². The Kier molecular flexibility index (Phi) is 5.81. The lowest BCUT2D eigenvalue weighted by Gasteiger charge is -2.42. The highest BCUT2D eigenvalue weighted by molar-refractivity contribution is 5.75. The minimum absolute atomic E-state index is 0.0667. The third-order valence-corrected chi connectivity index (χ3v) is 5.53. The number of carboxylic acids is 1. The zero-order chi connectivity index (χ0) is 18.7. The fourth-order valence-electron chi connectivity index (χ4n) is 3.72. The van der Waals surface area contributed by atoms with E-state index in [-0.39, 0.29) is 30.7 Å². The monoisotopic (exact) mass is 359 g/mol. The van der Waals surface area contributed by atoms with E-state index < -0.39 is 5.97 Å². The van der Waals surface area contributed by atoms with Gasteiger partial charge in [0.1, 0.15) is 0 Å². The molecule has 142 valence electrons. The average Bonchev–Trinajstić information content (AvgIpc) is 3.39. The molecule has 0 saturated heterocycles. The first kappa shape index (κ1) is 18.7. The van der Waals surface area contributed by atoms with Crippen molar-refractivity contribution in [3.8, 4) is 0 Å². The SMILES string of the molecule is CCN(CC(=O)O)C1CC(NC(=O)NC(c2ccc(C)cc2)C2CC2)C1. The summed E-state index contributed by atoms with van der Waals surface area (Å²) < 4.78 is 0. The Balaban J connectivity index is 1.48. The second-order valence-electron chi connectivity index (χ2n) is 7.62. The van der Waals surface area contributed by atoms with E-state index in [0.29, 0.717) is 12.5 Å². The molecule has 6 nitrogen and oxygen atoms in total. The molecule has 26 heavy (non-hydrogen) atoms. The number of urea groups is 1. The smallest absolute Gasteiger partial charge is 0.317 e. The molecule has 2 saturated carbocycles. The van der Waals surface area contributed by atoms with Gasteiger partial charge in [-0.15, -0.1) is 0 Å². The average molecular weight is 359 g/mol. The van der Waals surface area contributed by atoms with Crippen molar-refractivity contribution < 1.29 is 14.7 Å². The van der Waals surface area contributed by atoms with Crippen molar-refractivity contribution in [1.29, 1.82) is 0 Å². The quantitative estimate of drug-likeness (QED) is 0.666. The molecule has 0 bridgehead atoms.